The van der Waals surface area contributed by atoms with Crippen molar-refractivity contribution < 1.29 is 14.3 Å². The molecule has 0 saturated carbocycles. The summed E-state index contributed by atoms with van der Waals surface area (Å²) < 4.78 is 4.77. The van der Waals surface area contributed by atoms with Crippen molar-refractivity contribution in [1.29, 1.82) is 0 Å². The van der Waals surface area contributed by atoms with Crippen LogP contribution in [0.3, 0.4) is 0 Å². The van der Waals surface area contributed by atoms with E-state index in [0.717, 1.165) is 25.9 Å². The third-order valence-corrected chi connectivity index (χ3v) is 2.64. The standard InChI is InChI=1S/C7H16NO3P/c1-8-4-2-7(3-5-8)6-11-12(9)10/h7,9-10H,2-6H2,1H3. The minimum atomic E-state index is -2.15. The van der Waals surface area contributed by atoms with E-state index >= 15 is 0 Å². The molecule has 0 spiro atoms. The summed E-state index contributed by atoms with van der Waals surface area (Å²) in [7, 11) is -0.0507. The predicted molar refractivity (Wildman–Crippen MR) is 47.5 cm³/mol. The van der Waals surface area contributed by atoms with E-state index in [2.05, 4.69) is 11.9 Å². The highest BCUT2D eigenvalue weighted by Crippen LogP contribution is 2.27. The number of likely N-dealkylation sites (tertiary alicyclic amines) is 1. The summed E-state index contributed by atoms with van der Waals surface area (Å²) in [4.78, 5) is 19.3. The first-order valence-corrected chi connectivity index (χ1v) is 5.34. The Morgan fingerprint density at radius 1 is 1.42 bits per heavy atom. The lowest BCUT2D eigenvalue weighted by molar-refractivity contribution is 0.148. The lowest BCUT2D eigenvalue weighted by atomic mass is 9.98. The molecule has 1 saturated heterocycles. The monoisotopic (exact) mass is 193 g/mol. The van der Waals surface area contributed by atoms with Gasteiger partial charge in [-0.15, -0.1) is 0 Å². The molecule has 0 aliphatic carbocycles. The van der Waals surface area contributed by atoms with Gasteiger partial charge in [0.05, 0.1) is 6.61 Å². The van der Waals surface area contributed by atoms with E-state index in [9.17, 15) is 0 Å². The van der Waals surface area contributed by atoms with Crippen LogP contribution in [0, 0.1) is 5.92 Å². The summed E-state index contributed by atoms with van der Waals surface area (Å²) >= 11 is 0. The Morgan fingerprint density at radius 3 is 2.50 bits per heavy atom. The van der Waals surface area contributed by atoms with Crippen LogP contribution >= 0.6 is 8.60 Å². The normalized spacial score (nSPS) is 22.0. The minimum Gasteiger partial charge on any atom is -0.328 e. The van der Waals surface area contributed by atoms with Crippen LogP contribution in [-0.4, -0.2) is 41.4 Å². The molecule has 12 heavy (non-hydrogen) atoms. The van der Waals surface area contributed by atoms with Gasteiger partial charge >= 0.3 is 8.60 Å². The molecular weight excluding hydrogens is 177 g/mol. The van der Waals surface area contributed by atoms with Crippen LogP contribution in [0.4, 0.5) is 0 Å². The fourth-order valence-electron chi connectivity index (χ4n) is 1.40. The molecule has 0 amide bonds. The molecule has 2 N–H and O–H groups in total. The Kier molecular flexibility index (Phi) is 4.40. The summed E-state index contributed by atoms with van der Waals surface area (Å²) in [5.74, 6) is 0.505. The molecule has 0 unspecified atom stereocenters. The largest absolute Gasteiger partial charge is 0.328 e. The summed E-state index contributed by atoms with van der Waals surface area (Å²) in [6.07, 6.45) is 2.19. The molecule has 72 valence electrons. The highest BCUT2D eigenvalue weighted by Gasteiger charge is 2.17. The third kappa shape index (κ3) is 3.78. The maximum absolute atomic E-state index is 8.52. The number of hydrogen-bond acceptors (Lipinski definition) is 4. The Bertz CT molecular complexity index is 126. The van der Waals surface area contributed by atoms with Gasteiger partial charge < -0.3 is 19.2 Å². The van der Waals surface area contributed by atoms with E-state index in [-0.39, 0.29) is 0 Å². The Labute approximate surface area is 74.1 Å². The summed E-state index contributed by atoms with van der Waals surface area (Å²) in [5, 5.41) is 0. The van der Waals surface area contributed by atoms with Crippen molar-refractivity contribution in [3.8, 4) is 0 Å². The van der Waals surface area contributed by atoms with Crippen LogP contribution in [-0.2, 0) is 4.52 Å². The lowest BCUT2D eigenvalue weighted by Crippen LogP contribution is -2.31. The third-order valence-electron chi connectivity index (χ3n) is 2.26. The highest BCUT2D eigenvalue weighted by atomic mass is 31.2. The molecule has 0 radical (unpaired) electrons. The fraction of sp³-hybridized carbons (Fsp3) is 1.00. The molecule has 0 atom stereocenters. The molecule has 1 aliphatic heterocycles. The minimum absolute atomic E-state index is 0.493. The zero-order chi connectivity index (χ0) is 8.97. The van der Waals surface area contributed by atoms with Crippen molar-refractivity contribution in [3.05, 3.63) is 0 Å². The fourth-order valence-corrected chi connectivity index (χ4v) is 1.74. The second kappa shape index (κ2) is 5.10. The molecule has 1 fully saturated rings. The number of hydrogen-bond donors (Lipinski definition) is 2. The zero-order valence-corrected chi connectivity index (χ0v) is 8.20. The molecule has 0 aromatic rings. The number of nitrogens with zero attached hydrogens (tertiary/aromatic N) is 1. The maximum Gasteiger partial charge on any atom is 0.327 e. The quantitative estimate of drug-likeness (QED) is 0.643. The summed E-state index contributed by atoms with van der Waals surface area (Å²) in [5.41, 5.74) is 0. The van der Waals surface area contributed by atoms with Crippen LogP contribution in [0.15, 0.2) is 0 Å². The van der Waals surface area contributed by atoms with Crippen molar-refractivity contribution in [2.45, 2.75) is 12.8 Å². The first kappa shape index (κ1) is 10.4. The zero-order valence-electron chi connectivity index (χ0n) is 7.31. The first-order chi connectivity index (χ1) is 5.68. The van der Waals surface area contributed by atoms with Crippen molar-refractivity contribution in [1.82, 2.24) is 4.90 Å². The smallest absolute Gasteiger partial charge is 0.327 e. The van der Waals surface area contributed by atoms with Gasteiger partial charge in [0.1, 0.15) is 0 Å². The topological polar surface area (TPSA) is 52.9 Å². The first-order valence-electron chi connectivity index (χ1n) is 4.18. The average molecular weight is 193 g/mol. The maximum atomic E-state index is 8.52. The average Bonchev–Trinajstić information content (AvgIpc) is 2.03. The Morgan fingerprint density at radius 2 is 2.00 bits per heavy atom. The number of piperidine rings is 1. The van der Waals surface area contributed by atoms with E-state index in [1.165, 1.54) is 0 Å². The molecule has 1 aliphatic rings. The van der Waals surface area contributed by atoms with E-state index in [4.69, 9.17) is 14.3 Å². The van der Waals surface area contributed by atoms with Gasteiger partial charge in [-0.25, -0.2) is 0 Å². The lowest BCUT2D eigenvalue weighted by Gasteiger charge is -2.28. The molecular formula is C7H16NO3P. The summed E-state index contributed by atoms with van der Waals surface area (Å²) in [6.45, 7) is 2.66. The number of rotatable bonds is 3. The van der Waals surface area contributed by atoms with Crippen LogP contribution in [0.25, 0.3) is 0 Å². The molecule has 0 aromatic heterocycles. The highest BCUT2D eigenvalue weighted by molar-refractivity contribution is 7.39. The van der Waals surface area contributed by atoms with Crippen molar-refractivity contribution >= 4 is 8.60 Å². The van der Waals surface area contributed by atoms with Crippen LogP contribution in [0.1, 0.15) is 12.8 Å². The van der Waals surface area contributed by atoms with Crippen LogP contribution < -0.4 is 0 Å². The molecule has 1 rings (SSSR count). The Balaban J connectivity index is 2.09. The second-order valence-electron chi connectivity index (χ2n) is 3.30. The molecule has 0 bridgehead atoms. The van der Waals surface area contributed by atoms with Gasteiger partial charge in [0.15, 0.2) is 0 Å². The van der Waals surface area contributed by atoms with E-state index in [1.807, 2.05) is 0 Å². The van der Waals surface area contributed by atoms with Crippen LogP contribution in [0.2, 0.25) is 0 Å². The Hall–Kier alpha value is 0.270. The summed E-state index contributed by atoms with van der Waals surface area (Å²) in [6, 6.07) is 0. The SMILES string of the molecule is CN1CCC(COP(O)O)CC1. The van der Waals surface area contributed by atoms with Gasteiger partial charge in [-0.05, 0) is 38.9 Å². The second-order valence-corrected chi connectivity index (χ2v) is 4.06. The van der Waals surface area contributed by atoms with Crippen molar-refractivity contribution in [2.75, 3.05) is 26.7 Å². The van der Waals surface area contributed by atoms with Crippen LogP contribution in [0.5, 0.6) is 0 Å². The molecule has 5 heteroatoms. The van der Waals surface area contributed by atoms with E-state index < -0.39 is 8.60 Å². The molecule has 0 aromatic carbocycles. The van der Waals surface area contributed by atoms with Crippen molar-refractivity contribution in [2.24, 2.45) is 5.92 Å². The van der Waals surface area contributed by atoms with Gasteiger partial charge in [0.2, 0.25) is 0 Å². The molecule has 1 heterocycles. The van der Waals surface area contributed by atoms with E-state index in [0.29, 0.717) is 12.5 Å². The predicted octanol–water partition coefficient (Wildman–Crippen LogP) is 0.556. The van der Waals surface area contributed by atoms with Gasteiger partial charge in [-0.1, -0.05) is 0 Å². The molecule has 4 nitrogen and oxygen atoms in total. The van der Waals surface area contributed by atoms with Gasteiger partial charge in [-0.3, -0.25) is 0 Å². The van der Waals surface area contributed by atoms with Gasteiger partial charge in [0, 0.05) is 0 Å². The van der Waals surface area contributed by atoms with E-state index in [1.54, 1.807) is 0 Å². The van der Waals surface area contributed by atoms with Gasteiger partial charge in [-0.2, -0.15) is 0 Å². The van der Waals surface area contributed by atoms with Gasteiger partial charge in [0.25, 0.3) is 0 Å². The van der Waals surface area contributed by atoms with Crippen molar-refractivity contribution in [3.63, 3.8) is 0 Å².